The number of hydrogen-bond donors (Lipinski definition) is 1. The maximum atomic E-state index is 5.83. The molecule has 3 nitrogen and oxygen atoms in total. The molecule has 0 heterocycles. The first-order chi connectivity index (χ1) is 6.97. The quantitative estimate of drug-likeness (QED) is 0.664. The van der Waals surface area contributed by atoms with Crippen molar-refractivity contribution in [1.82, 2.24) is 9.80 Å². The van der Waals surface area contributed by atoms with Gasteiger partial charge in [0, 0.05) is 12.1 Å². The molecule has 0 amide bonds. The monoisotopic (exact) mass is 215 g/mol. The van der Waals surface area contributed by atoms with Crippen molar-refractivity contribution < 1.29 is 0 Å². The van der Waals surface area contributed by atoms with Crippen LogP contribution < -0.4 is 5.73 Å². The molecule has 0 saturated heterocycles. The summed E-state index contributed by atoms with van der Waals surface area (Å²) in [6, 6.07) is 0.917. The molecule has 0 aliphatic rings. The minimum absolute atomic E-state index is 0.308. The molecule has 15 heavy (non-hydrogen) atoms. The first kappa shape index (κ1) is 14.9. The summed E-state index contributed by atoms with van der Waals surface area (Å²) in [6.07, 6.45) is 2.33. The van der Waals surface area contributed by atoms with Gasteiger partial charge in [-0.2, -0.15) is 0 Å². The Bertz CT molecular complexity index is 146. The van der Waals surface area contributed by atoms with Gasteiger partial charge in [-0.15, -0.1) is 0 Å². The summed E-state index contributed by atoms with van der Waals surface area (Å²) in [5.41, 5.74) is 5.83. The van der Waals surface area contributed by atoms with E-state index in [9.17, 15) is 0 Å². The Hall–Kier alpha value is -0.120. The van der Waals surface area contributed by atoms with E-state index in [2.05, 4.69) is 44.7 Å². The standard InChI is InChI=1S/C12H29N3/c1-6-15(9-7-8-14(4)5)12(3)10-11(2)13/h11-12H,6-10,13H2,1-5H3. The van der Waals surface area contributed by atoms with E-state index in [4.69, 9.17) is 5.73 Å². The summed E-state index contributed by atoms with van der Waals surface area (Å²) in [5.74, 6) is 0. The molecular weight excluding hydrogens is 186 g/mol. The van der Waals surface area contributed by atoms with Gasteiger partial charge in [0.15, 0.2) is 0 Å². The average molecular weight is 215 g/mol. The molecule has 2 N–H and O–H groups in total. The molecule has 0 aliphatic carbocycles. The third-order valence-electron chi connectivity index (χ3n) is 2.79. The topological polar surface area (TPSA) is 32.5 Å². The molecule has 0 aromatic rings. The van der Waals surface area contributed by atoms with Crippen molar-refractivity contribution in [1.29, 1.82) is 0 Å². The largest absolute Gasteiger partial charge is 0.328 e. The molecule has 0 bridgehead atoms. The van der Waals surface area contributed by atoms with Crippen LogP contribution in [0.25, 0.3) is 0 Å². The molecule has 0 aromatic carbocycles. The average Bonchev–Trinajstić information content (AvgIpc) is 2.10. The van der Waals surface area contributed by atoms with Crippen LogP contribution in [-0.2, 0) is 0 Å². The van der Waals surface area contributed by atoms with Crippen LogP contribution in [0.4, 0.5) is 0 Å². The lowest BCUT2D eigenvalue weighted by Gasteiger charge is -2.29. The maximum Gasteiger partial charge on any atom is 0.00814 e. The van der Waals surface area contributed by atoms with Gasteiger partial charge in [0.25, 0.3) is 0 Å². The predicted molar refractivity (Wildman–Crippen MR) is 68.1 cm³/mol. The second kappa shape index (κ2) is 8.08. The highest BCUT2D eigenvalue weighted by atomic mass is 15.1. The predicted octanol–water partition coefficient (Wildman–Crippen LogP) is 1.39. The first-order valence-electron chi connectivity index (χ1n) is 6.11. The fraction of sp³-hybridized carbons (Fsp3) is 1.00. The third-order valence-corrected chi connectivity index (χ3v) is 2.79. The van der Waals surface area contributed by atoms with Gasteiger partial charge < -0.3 is 15.5 Å². The molecule has 0 rings (SSSR count). The van der Waals surface area contributed by atoms with Crippen molar-refractivity contribution in [2.24, 2.45) is 5.73 Å². The van der Waals surface area contributed by atoms with Crippen molar-refractivity contribution in [2.75, 3.05) is 33.7 Å². The Kier molecular flexibility index (Phi) is 8.02. The van der Waals surface area contributed by atoms with Crippen LogP contribution in [-0.4, -0.2) is 55.6 Å². The van der Waals surface area contributed by atoms with E-state index in [1.54, 1.807) is 0 Å². The van der Waals surface area contributed by atoms with Gasteiger partial charge in [-0.3, -0.25) is 0 Å². The van der Waals surface area contributed by atoms with Crippen molar-refractivity contribution in [3.05, 3.63) is 0 Å². The van der Waals surface area contributed by atoms with Crippen molar-refractivity contribution >= 4 is 0 Å². The lowest BCUT2D eigenvalue weighted by Crippen LogP contribution is -2.38. The zero-order valence-electron chi connectivity index (χ0n) is 11.2. The Balaban J connectivity index is 3.79. The van der Waals surface area contributed by atoms with E-state index < -0.39 is 0 Å². The van der Waals surface area contributed by atoms with Gasteiger partial charge >= 0.3 is 0 Å². The van der Waals surface area contributed by atoms with E-state index in [1.807, 2.05) is 0 Å². The molecule has 0 aliphatic heterocycles. The second-order valence-corrected chi connectivity index (χ2v) is 4.85. The van der Waals surface area contributed by atoms with Gasteiger partial charge in [0.1, 0.15) is 0 Å². The van der Waals surface area contributed by atoms with Crippen molar-refractivity contribution in [3.63, 3.8) is 0 Å². The van der Waals surface area contributed by atoms with E-state index in [0.717, 1.165) is 13.0 Å². The summed E-state index contributed by atoms with van der Waals surface area (Å²) < 4.78 is 0. The van der Waals surface area contributed by atoms with Crippen LogP contribution in [0.5, 0.6) is 0 Å². The van der Waals surface area contributed by atoms with Gasteiger partial charge in [-0.1, -0.05) is 6.92 Å². The van der Waals surface area contributed by atoms with Crippen molar-refractivity contribution in [2.45, 2.75) is 45.7 Å². The Morgan fingerprint density at radius 1 is 1.13 bits per heavy atom. The Labute approximate surface area is 95.6 Å². The fourth-order valence-electron chi connectivity index (χ4n) is 1.97. The van der Waals surface area contributed by atoms with Crippen molar-refractivity contribution in [3.8, 4) is 0 Å². The van der Waals surface area contributed by atoms with Gasteiger partial charge in [0.05, 0.1) is 0 Å². The van der Waals surface area contributed by atoms with Crippen LogP contribution in [0.1, 0.15) is 33.6 Å². The highest BCUT2D eigenvalue weighted by Gasteiger charge is 2.12. The molecule has 0 fully saturated rings. The zero-order chi connectivity index (χ0) is 11.8. The SMILES string of the molecule is CCN(CCCN(C)C)C(C)CC(C)N. The van der Waals surface area contributed by atoms with Crippen LogP contribution in [0.2, 0.25) is 0 Å². The Morgan fingerprint density at radius 3 is 2.13 bits per heavy atom. The molecule has 2 unspecified atom stereocenters. The molecule has 0 saturated carbocycles. The number of rotatable bonds is 8. The molecule has 0 aromatic heterocycles. The number of hydrogen-bond acceptors (Lipinski definition) is 3. The highest BCUT2D eigenvalue weighted by Crippen LogP contribution is 2.06. The smallest absolute Gasteiger partial charge is 0.00814 e. The number of nitrogens with zero attached hydrogens (tertiary/aromatic N) is 2. The molecule has 0 spiro atoms. The van der Waals surface area contributed by atoms with Gasteiger partial charge in [-0.25, -0.2) is 0 Å². The normalized spacial score (nSPS) is 16.0. The van der Waals surface area contributed by atoms with E-state index in [0.29, 0.717) is 12.1 Å². The van der Waals surface area contributed by atoms with Gasteiger partial charge in [-0.05, 0) is 60.4 Å². The summed E-state index contributed by atoms with van der Waals surface area (Å²) >= 11 is 0. The van der Waals surface area contributed by atoms with Crippen LogP contribution in [0, 0.1) is 0 Å². The second-order valence-electron chi connectivity index (χ2n) is 4.85. The maximum absolute atomic E-state index is 5.83. The molecule has 92 valence electrons. The molecule has 3 heteroatoms. The van der Waals surface area contributed by atoms with E-state index >= 15 is 0 Å². The van der Waals surface area contributed by atoms with E-state index in [-0.39, 0.29) is 0 Å². The zero-order valence-corrected chi connectivity index (χ0v) is 11.2. The lowest BCUT2D eigenvalue weighted by molar-refractivity contribution is 0.194. The molecule has 0 radical (unpaired) electrons. The summed E-state index contributed by atoms with van der Waals surface area (Å²) in [6.45, 7) is 10.1. The minimum atomic E-state index is 0.308. The van der Waals surface area contributed by atoms with E-state index in [1.165, 1.54) is 19.5 Å². The number of nitrogens with two attached hydrogens (primary N) is 1. The molecular formula is C12H29N3. The van der Waals surface area contributed by atoms with Crippen LogP contribution in [0.3, 0.4) is 0 Å². The lowest BCUT2D eigenvalue weighted by atomic mass is 10.1. The summed E-state index contributed by atoms with van der Waals surface area (Å²) in [5, 5.41) is 0. The van der Waals surface area contributed by atoms with Crippen LogP contribution >= 0.6 is 0 Å². The summed E-state index contributed by atoms with van der Waals surface area (Å²) in [7, 11) is 4.25. The van der Waals surface area contributed by atoms with Crippen LogP contribution in [0.15, 0.2) is 0 Å². The fourth-order valence-corrected chi connectivity index (χ4v) is 1.97. The highest BCUT2D eigenvalue weighted by molar-refractivity contribution is 4.70. The minimum Gasteiger partial charge on any atom is -0.328 e. The van der Waals surface area contributed by atoms with Gasteiger partial charge in [0.2, 0.25) is 0 Å². The third kappa shape index (κ3) is 7.77. The first-order valence-corrected chi connectivity index (χ1v) is 6.11. The molecule has 2 atom stereocenters. The summed E-state index contributed by atoms with van der Waals surface area (Å²) in [4.78, 5) is 4.76. The Morgan fingerprint density at radius 2 is 1.73 bits per heavy atom.